The number of nitrogens with zero attached hydrogens (tertiary/aromatic N) is 2. The smallest absolute Gasteiger partial charge is 0.264 e. The molecule has 2 aromatic rings. The van der Waals surface area contributed by atoms with Crippen molar-refractivity contribution in [3.8, 4) is 0 Å². The van der Waals surface area contributed by atoms with Crippen LogP contribution >= 0.6 is 0 Å². The number of hydrogen-bond donors (Lipinski definition) is 0. The molecule has 0 saturated heterocycles. The Labute approximate surface area is 131 Å². The molecule has 0 aliphatic heterocycles. The summed E-state index contributed by atoms with van der Waals surface area (Å²) >= 11 is 0. The molecule has 1 atom stereocenters. The first kappa shape index (κ1) is 16.6. The molecule has 8 nitrogen and oxygen atoms in total. The molecule has 120 valence electrons. The van der Waals surface area contributed by atoms with Gasteiger partial charge < -0.3 is 0 Å². The van der Waals surface area contributed by atoms with Crippen LogP contribution in [0.25, 0.3) is 0 Å². The molecule has 0 bridgehead atoms. The average Bonchev–Trinajstić information content (AvgIpc) is 2.53. The van der Waals surface area contributed by atoms with Crippen LogP contribution in [0.3, 0.4) is 0 Å². The van der Waals surface area contributed by atoms with E-state index in [-0.39, 0.29) is 10.6 Å². The summed E-state index contributed by atoms with van der Waals surface area (Å²) in [5.41, 5.74) is 0.0389. The van der Waals surface area contributed by atoms with Crippen LogP contribution in [0.2, 0.25) is 0 Å². The lowest BCUT2D eigenvalue weighted by Crippen LogP contribution is -2.22. The molecule has 9 heteroatoms. The van der Waals surface area contributed by atoms with Gasteiger partial charge in [-0.1, -0.05) is 30.3 Å². The molecule has 0 spiro atoms. The number of sulfone groups is 1. The van der Waals surface area contributed by atoms with Crippen LogP contribution in [0.1, 0.15) is 10.8 Å². The van der Waals surface area contributed by atoms with E-state index in [0.29, 0.717) is 5.56 Å². The maximum Gasteiger partial charge on any atom is 0.269 e. The van der Waals surface area contributed by atoms with Gasteiger partial charge in [-0.25, -0.2) is 8.42 Å². The Morgan fingerprint density at radius 1 is 0.913 bits per heavy atom. The maximum absolute atomic E-state index is 12.7. The standard InChI is InChI=1S/C14H12N2O6S/c17-15(18)10-14(11-4-2-1-3-5-11)23(21,22)13-8-6-12(7-9-13)16(19)20/h1-9,14H,10H2. The minimum atomic E-state index is -4.06. The van der Waals surface area contributed by atoms with Gasteiger partial charge in [0.25, 0.3) is 5.69 Å². The summed E-state index contributed by atoms with van der Waals surface area (Å²) in [6, 6.07) is 12.1. The van der Waals surface area contributed by atoms with Crippen molar-refractivity contribution in [1.29, 1.82) is 0 Å². The summed E-state index contributed by atoms with van der Waals surface area (Å²) < 4.78 is 25.4. The van der Waals surface area contributed by atoms with Crippen LogP contribution in [0.5, 0.6) is 0 Å². The Bertz CT molecular complexity index is 818. The zero-order valence-electron chi connectivity index (χ0n) is 11.7. The van der Waals surface area contributed by atoms with Crippen molar-refractivity contribution in [2.75, 3.05) is 6.54 Å². The number of hydrogen-bond acceptors (Lipinski definition) is 6. The highest BCUT2D eigenvalue weighted by Gasteiger charge is 2.33. The second-order valence-electron chi connectivity index (χ2n) is 4.71. The average molecular weight is 336 g/mol. The molecule has 0 aliphatic carbocycles. The molecule has 0 aliphatic rings. The summed E-state index contributed by atoms with van der Waals surface area (Å²) in [4.78, 5) is 19.9. The van der Waals surface area contributed by atoms with Gasteiger partial charge in [0.2, 0.25) is 6.54 Å². The lowest BCUT2D eigenvalue weighted by molar-refractivity contribution is -0.479. The second-order valence-corrected chi connectivity index (χ2v) is 6.84. The van der Waals surface area contributed by atoms with E-state index in [9.17, 15) is 28.6 Å². The van der Waals surface area contributed by atoms with E-state index in [1.807, 2.05) is 0 Å². The van der Waals surface area contributed by atoms with Gasteiger partial charge in [0, 0.05) is 17.1 Å². The largest absolute Gasteiger partial charge is 0.269 e. The van der Waals surface area contributed by atoms with Gasteiger partial charge in [-0.05, 0) is 17.7 Å². The van der Waals surface area contributed by atoms with Crippen molar-refractivity contribution >= 4 is 15.5 Å². The highest BCUT2D eigenvalue weighted by atomic mass is 32.2. The first-order valence-corrected chi connectivity index (χ1v) is 8.02. The van der Waals surface area contributed by atoms with E-state index in [1.54, 1.807) is 18.2 Å². The van der Waals surface area contributed by atoms with Crippen molar-refractivity contribution < 1.29 is 18.3 Å². The topological polar surface area (TPSA) is 120 Å². The normalized spacial score (nSPS) is 12.5. The Balaban J connectivity index is 2.47. The fourth-order valence-corrected chi connectivity index (χ4v) is 3.78. The molecule has 1 unspecified atom stereocenters. The summed E-state index contributed by atoms with van der Waals surface area (Å²) in [6.07, 6.45) is 0. The number of nitro benzene ring substituents is 1. The third kappa shape index (κ3) is 3.69. The van der Waals surface area contributed by atoms with Gasteiger partial charge >= 0.3 is 0 Å². The van der Waals surface area contributed by atoms with E-state index in [1.165, 1.54) is 12.1 Å². The molecule has 0 aromatic heterocycles. The molecule has 0 saturated carbocycles. The molecule has 0 heterocycles. The Morgan fingerprint density at radius 2 is 1.48 bits per heavy atom. The molecule has 0 N–H and O–H groups in total. The number of benzene rings is 2. The fraction of sp³-hybridized carbons (Fsp3) is 0.143. The SMILES string of the molecule is O=[N+]([O-])CC(c1ccccc1)S(=O)(=O)c1ccc([N+](=O)[O-])cc1. The summed E-state index contributed by atoms with van der Waals surface area (Å²) in [7, 11) is -4.06. The second kappa shape index (κ2) is 6.53. The molecular formula is C14H12N2O6S. The first-order valence-electron chi connectivity index (χ1n) is 6.47. The summed E-state index contributed by atoms with van der Waals surface area (Å²) in [5.74, 6) is 0. The first-order chi connectivity index (χ1) is 10.8. The van der Waals surface area contributed by atoms with Gasteiger partial charge in [0.1, 0.15) is 0 Å². The zero-order valence-corrected chi connectivity index (χ0v) is 12.5. The van der Waals surface area contributed by atoms with E-state index < -0.39 is 31.5 Å². The molecule has 2 rings (SSSR count). The predicted molar refractivity (Wildman–Crippen MR) is 81.3 cm³/mol. The summed E-state index contributed by atoms with van der Waals surface area (Å²) in [5, 5.41) is 20.1. The Hall–Kier alpha value is -2.81. The third-order valence-electron chi connectivity index (χ3n) is 3.24. The number of rotatable bonds is 6. The van der Waals surface area contributed by atoms with Gasteiger partial charge in [0.05, 0.1) is 9.82 Å². The third-order valence-corrected chi connectivity index (χ3v) is 5.34. The monoisotopic (exact) mass is 336 g/mol. The number of non-ortho nitro benzene ring substituents is 1. The quantitative estimate of drug-likeness (QED) is 0.590. The van der Waals surface area contributed by atoms with Gasteiger partial charge in [0.15, 0.2) is 15.1 Å². The zero-order chi connectivity index (χ0) is 17.0. The minimum Gasteiger partial charge on any atom is -0.264 e. The molecular weight excluding hydrogens is 324 g/mol. The van der Waals surface area contributed by atoms with Crippen molar-refractivity contribution in [2.45, 2.75) is 10.1 Å². The highest BCUT2D eigenvalue weighted by Crippen LogP contribution is 2.30. The lowest BCUT2D eigenvalue weighted by Gasteiger charge is -2.14. The molecule has 2 aromatic carbocycles. The van der Waals surface area contributed by atoms with Crippen molar-refractivity contribution in [2.24, 2.45) is 0 Å². The van der Waals surface area contributed by atoms with Gasteiger partial charge in [-0.15, -0.1) is 0 Å². The van der Waals surface area contributed by atoms with Crippen molar-refractivity contribution in [1.82, 2.24) is 0 Å². The van der Waals surface area contributed by atoms with Crippen LogP contribution in [0, 0.1) is 20.2 Å². The van der Waals surface area contributed by atoms with Crippen LogP contribution in [0.15, 0.2) is 59.5 Å². The van der Waals surface area contributed by atoms with E-state index >= 15 is 0 Å². The molecule has 0 amide bonds. The molecule has 23 heavy (non-hydrogen) atoms. The summed E-state index contributed by atoms with van der Waals surface area (Å²) in [6.45, 7) is -0.788. The van der Waals surface area contributed by atoms with E-state index in [0.717, 1.165) is 24.3 Å². The fourth-order valence-electron chi connectivity index (χ4n) is 2.11. The minimum absolute atomic E-state index is 0.196. The van der Waals surface area contributed by atoms with Crippen molar-refractivity contribution in [3.05, 3.63) is 80.4 Å². The van der Waals surface area contributed by atoms with Crippen LogP contribution in [-0.2, 0) is 9.84 Å². The van der Waals surface area contributed by atoms with Gasteiger partial charge in [-0.2, -0.15) is 0 Å². The van der Waals surface area contributed by atoms with E-state index in [2.05, 4.69) is 0 Å². The number of nitro groups is 2. The van der Waals surface area contributed by atoms with Crippen LogP contribution in [-0.4, -0.2) is 24.8 Å². The lowest BCUT2D eigenvalue weighted by atomic mass is 10.1. The van der Waals surface area contributed by atoms with Crippen LogP contribution < -0.4 is 0 Å². The van der Waals surface area contributed by atoms with Crippen molar-refractivity contribution in [3.63, 3.8) is 0 Å². The molecule has 0 radical (unpaired) electrons. The predicted octanol–water partition coefficient (Wildman–Crippen LogP) is 2.39. The Morgan fingerprint density at radius 3 is 1.96 bits per heavy atom. The Kier molecular flexibility index (Phi) is 4.70. The van der Waals surface area contributed by atoms with Gasteiger partial charge in [-0.3, -0.25) is 20.2 Å². The maximum atomic E-state index is 12.7. The molecule has 0 fully saturated rings. The highest BCUT2D eigenvalue weighted by molar-refractivity contribution is 7.91. The van der Waals surface area contributed by atoms with Crippen LogP contribution in [0.4, 0.5) is 5.69 Å². The van der Waals surface area contributed by atoms with E-state index in [4.69, 9.17) is 0 Å².